The van der Waals surface area contributed by atoms with Gasteiger partial charge in [-0.3, -0.25) is 0 Å². The Bertz CT molecular complexity index is 682. The molecule has 112 valence electrons. The molecule has 2 aromatic rings. The largest absolute Gasteiger partial charge is 0.380 e. The Morgan fingerprint density at radius 3 is 2.24 bits per heavy atom. The minimum atomic E-state index is -3.51. The second-order valence-electron chi connectivity index (χ2n) is 5.11. The van der Waals surface area contributed by atoms with Gasteiger partial charge in [0.15, 0.2) is 0 Å². The summed E-state index contributed by atoms with van der Waals surface area (Å²) in [4.78, 5) is 0.273. The van der Waals surface area contributed by atoms with E-state index in [0.717, 1.165) is 5.56 Å². The van der Waals surface area contributed by atoms with Gasteiger partial charge in [-0.2, -0.15) is 0 Å². The van der Waals surface area contributed by atoms with E-state index in [9.17, 15) is 8.42 Å². The molecule has 0 radical (unpaired) electrons. The van der Waals surface area contributed by atoms with Gasteiger partial charge in [0.1, 0.15) is 4.90 Å². The van der Waals surface area contributed by atoms with E-state index < -0.39 is 10.0 Å². The number of rotatable bonds is 6. The van der Waals surface area contributed by atoms with E-state index in [-0.39, 0.29) is 10.9 Å². The maximum atomic E-state index is 12.3. The van der Waals surface area contributed by atoms with Crippen LogP contribution in [0.5, 0.6) is 0 Å². The van der Waals surface area contributed by atoms with Gasteiger partial charge in [0.05, 0.1) is 5.69 Å². The average molecular weight is 304 g/mol. The molecule has 2 aromatic carbocycles. The Morgan fingerprint density at radius 2 is 1.57 bits per heavy atom. The zero-order valence-corrected chi connectivity index (χ0v) is 13.0. The van der Waals surface area contributed by atoms with Crippen molar-refractivity contribution in [3.05, 3.63) is 60.2 Å². The normalized spacial score (nSPS) is 11.6. The van der Waals surface area contributed by atoms with Crippen molar-refractivity contribution >= 4 is 15.7 Å². The third-order valence-corrected chi connectivity index (χ3v) is 4.61. The Balaban J connectivity index is 2.21. The maximum absolute atomic E-state index is 12.3. The second-order valence-corrected chi connectivity index (χ2v) is 6.79. The zero-order valence-electron chi connectivity index (χ0n) is 12.2. The predicted octanol–water partition coefficient (Wildman–Crippen LogP) is 2.99. The van der Waals surface area contributed by atoms with E-state index in [4.69, 9.17) is 0 Å². The topological polar surface area (TPSA) is 58.2 Å². The van der Waals surface area contributed by atoms with Crippen molar-refractivity contribution in [2.24, 2.45) is 0 Å². The Hall–Kier alpha value is -1.85. The number of para-hydroxylation sites is 1. The van der Waals surface area contributed by atoms with Crippen LogP contribution in [0.4, 0.5) is 5.69 Å². The first-order valence-corrected chi connectivity index (χ1v) is 8.36. The van der Waals surface area contributed by atoms with Crippen molar-refractivity contribution in [1.82, 2.24) is 4.72 Å². The van der Waals surface area contributed by atoms with Crippen molar-refractivity contribution < 1.29 is 8.42 Å². The quantitative estimate of drug-likeness (QED) is 0.862. The van der Waals surface area contributed by atoms with Gasteiger partial charge in [-0.1, -0.05) is 42.5 Å². The SMILES string of the molecule is CC(C)NS(=O)(=O)c1ccccc1NCc1ccccc1. The number of hydrogen-bond donors (Lipinski definition) is 2. The van der Waals surface area contributed by atoms with E-state index in [1.165, 1.54) is 0 Å². The van der Waals surface area contributed by atoms with Gasteiger partial charge in [-0.15, -0.1) is 0 Å². The summed E-state index contributed by atoms with van der Waals surface area (Å²) in [5.41, 5.74) is 1.70. The van der Waals surface area contributed by atoms with Crippen molar-refractivity contribution in [1.29, 1.82) is 0 Å². The highest BCUT2D eigenvalue weighted by molar-refractivity contribution is 7.89. The molecular weight excluding hydrogens is 284 g/mol. The van der Waals surface area contributed by atoms with Crippen LogP contribution in [0.3, 0.4) is 0 Å². The van der Waals surface area contributed by atoms with Crippen LogP contribution in [0, 0.1) is 0 Å². The van der Waals surface area contributed by atoms with Gasteiger partial charge in [-0.05, 0) is 31.5 Å². The standard InChI is InChI=1S/C16H20N2O2S/c1-13(2)18-21(19,20)16-11-7-6-10-15(16)17-12-14-8-4-3-5-9-14/h3-11,13,17-18H,12H2,1-2H3. The molecule has 0 unspecified atom stereocenters. The molecule has 4 nitrogen and oxygen atoms in total. The average Bonchev–Trinajstić information content (AvgIpc) is 2.45. The molecular formula is C16H20N2O2S. The monoisotopic (exact) mass is 304 g/mol. The first-order chi connectivity index (χ1) is 9.99. The van der Waals surface area contributed by atoms with Crippen molar-refractivity contribution in [3.8, 4) is 0 Å². The smallest absolute Gasteiger partial charge is 0.242 e. The molecule has 0 amide bonds. The molecule has 0 aromatic heterocycles. The lowest BCUT2D eigenvalue weighted by Gasteiger charge is -2.14. The third kappa shape index (κ3) is 4.31. The molecule has 0 aliphatic heterocycles. The highest BCUT2D eigenvalue weighted by Gasteiger charge is 2.18. The minimum absolute atomic E-state index is 0.142. The summed E-state index contributed by atoms with van der Waals surface area (Å²) in [6.45, 7) is 4.18. The highest BCUT2D eigenvalue weighted by Crippen LogP contribution is 2.21. The third-order valence-electron chi connectivity index (χ3n) is 2.89. The van der Waals surface area contributed by atoms with Crippen LogP contribution in [-0.4, -0.2) is 14.5 Å². The van der Waals surface area contributed by atoms with Gasteiger partial charge < -0.3 is 5.32 Å². The fourth-order valence-corrected chi connectivity index (χ4v) is 3.45. The molecule has 0 saturated carbocycles. The van der Waals surface area contributed by atoms with E-state index in [2.05, 4.69) is 10.0 Å². The van der Waals surface area contributed by atoms with E-state index >= 15 is 0 Å². The number of hydrogen-bond acceptors (Lipinski definition) is 3. The zero-order chi connectivity index (χ0) is 15.3. The van der Waals surface area contributed by atoms with Crippen LogP contribution in [0.25, 0.3) is 0 Å². The second kappa shape index (κ2) is 6.74. The minimum Gasteiger partial charge on any atom is -0.380 e. The van der Waals surface area contributed by atoms with Crippen LogP contribution in [0.1, 0.15) is 19.4 Å². The first kappa shape index (κ1) is 15.5. The lowest BCUT2D eigenvalue weighted by molar-refractivity contribution is 0.570. The summed E-state index contributed by atoms with van der Waals surface area (Å²) >= 11 is 0. The molecule has 2 N–H and O–H groups in total. The number of sulfonamides is 1. The summed E-state index contributed by atoms with van der Waals surface area (Å²) < 4.78 is 27.3. The first-order valence-electron chi connectivity index (χ1n) is 6.88. The van der Waals surface area contributed by atoms with Crippen molar-refractivity contribution in [3.63, 3.8) is 0 Å². The molecule has 0 aliphatic rings. The molecule has 0 saturated heterocycles. The lowest BCUT2D eigenvalue weighted by Crippen LogP contribution is -2.30. The fourth-order valence-electron chi connectivity index (χ4n) is 2.01. The van der Waals surface area contributed by atoms with E-state index in [1.807, 2.05) is 36.4 Å². The van der Waals surface area contributed by atoms with Gasteiger partial charge in [0.2, 0.25) is 10.0 Å². The summed E-state index contributed by atoms with van der Waals surface area (Å²) in [5, 5.41) is 3.19. The summed E-state index contributed by atoms with van der Waals surface area (Å²) in [5.74, 6) is 0. The van der Waals surface area contributed by atoms with Gasteiger partial charge in [0.25, 0.3) is 0 Å². The predicted molar refractivity (Wildman–Crippen MR) is 85.7 cm³/mol. The molecule has 2 rings (SSSR count). The van der Waals surface area contributed by atoms with Crippen molar-refractivity contribution in [2.75, 3.05) is 5.32 Å². The molecule has 0 heterocycles. The van der Waals surface area contributed by atoms with E-state index in [1.54, 1.807) is 32.0 Å². The van der Waals surface area contributed by atoms with Gasteiger partial charge >= 0.3 is 0 Å². The van der Waals surface area contributed by atoms with Crippen LogP contribution < -0.4 is 10.0 Å². The van der Waals surface area contributed by atoms with Crippen LogP contribution >= 0.6 is 0 Å². The summed E-state index contributed by atoms with van der Waals surface area (Å²) in [7, 11) is -3.51. The Labute approximate surface area is 126 Å². The molecule has 0 bridgehead atoms. The molecule has 21 heavy (non-hydrogen) atoms. The molecule has 0 spiro atoms. The summed E-state index contributed by atoms with van der Waals surface area (Å²) in [6, 6.07) is 16.7. The number of nitrogens with one attached hydrogen (secondary N) is 2. The van der Waals surface area contributed by atoms with Gasteiger partial charge in [0, 0.05) is 12.6 Å². The number of anilines is 1. The molecule has 5 heteroatoms. The summed E-state index contributed by atoms with van der Waals surface area (Å²) in [6.07, 6.45) is 0. The van der Waals surface area contributed by atoms with Crippen LogP contribution in [-0.2, 0) is 16.6 Å². The van der Waals surface area contributed by atoms with Crippen LogP contribution in [0.2, 0.25) is 0 Å². The maximum Gasteiger partial charge on any atom is 0.242 e. The Kier molecular flexibility index (Phi) is 4.98. The van der Waals surface area contributed by atoms with Gasteiger partial charge in [-0.25, -0.2) is 13.1 Å². The van der Waals surface area contributed by atoms with Crippen LogP contribution in [0.15, 0.2) is 59.5 Å². The molecule has 0 aliphatic carbocycles. The lowest BCUT2D eigenvalue weighted by atomic mass is 10.2. The molecule has 0 fully saturated rings. The Morgan fingerprint density at radius 1 is 0.952 bits per heavy atom. The fraction of sp³-hybridized carbons (Fsp3) is 0.250. The molecule has 0 atom stereocenters. The van der Waals surface area contributed by atoms with Crippen molar-refractivity contribution in [2.45, 2.75) is 31.3 Å². The number of benzene rings is 2. The highest BCUT2D eigenvalue weighted by atomic mass is 32.2. The van der Waals surface area contributed by atoms with E-state index in [0.29, 0.717) is 12.2 Å².